The molecule has 0 saturated carbocycles. The summed E-state index contributed by atoms with van der Waals surface area (Å²) in [6, 6.07) is 58.4. The first-order valence-corrected chi connectivity index (χ1v) is 19.2. The standard InChI is InChI=1S/C52H33N3O/c1-52(2)44-16-8-7-14-39(44)42-28-43-47(29-45(42)52)56-46-17-9-15-40(48(43)46)51-54-49(34-20-18-30-10-3-4-12-33(30)26-34)53-50(55-51)35-21-19-32-23-24-37-36-13-6-5-11-31(36)22-25-38(37)41(32)27-35/h3-29H,1-2H3. The summed E-state index contributed by atoms with van der Waals surface area (Å²) < 4.78 is 6.66. The molecule has 0 unspecified atom stereocenters. The van der Waals surface area contributed by atoms with Gasteiger partial charge in [0.1, 0.15) is 11.2 Å². The molecule has 2 aromatic heterocycles. The van der Waals surface area contributed by atoms with Crippen LogP contribution in [0.15, 0.2) is 168 Å². The lowest BCUT2D eigenvalue weighted by Gasteiger charge is -2.21. The maximum Gasteiger partial charge on any atom is 0.164 e. The minimum atomic E-state index is -0.127. The molecule has 0 N–H and O–H groups in total. The lowest BCUT2D eigenvalue weighted by Crippen LogP contribution is -2.14. The topological polar surface area (TPSA) is 51.8 Å². The monoisotopic (exact) mass is 715 g/mol. The second-order valence-corrected chi connectivity index (χ2v) is 15.6. The number of benzene rings is 9. The van der Waals surface area contributed by atoms with E-state index in [0.29, 0.717) is 17.5 Å². The van der Waals surface area contributed by atoms with E-state index in [1.807, 2.05) is 12.1 Å². The van der Waals surface area contributed by atoms with Gasteiger partial charge in [-0.05, 0) is 95.7 Å². The molecule has 262 valence electrons. The summed E-state index contributed by atoms with van der Waals surface area (Å²) in [5, 5.41) is 11.6. The van der Waals surface area contributed by atoms with Gasteiger partial charge in [0.25, 0.3) is 0 Å². The Kier molecular flexibility index (Phi) is 6.37. The van der Waals surface area contributed by atoms with Crippen LogP contribution in [0.1, 0.15) is 25.0 Å². The van der Waals surface area contributed by atoms with Gasteiger partial charge in [0, 0.05) is 32.9 Å². The Morgan fingerprint density at radius 3 is 1.84 bits per heavy atom. The Morgan fingerprint density at radius 2 is 1.00 bits per heavy atom. The van der Waals surface area contributed by atoms with E-state index in [9.17, 15) is 0 Å². The van der Waals surface area contributed by atoms with Crippen molar-refractivity contribution in [3.63, 3.8) is 0 Å². The summed E-state index contributed by atoms with van der Waals surface area (Å²) in [6.07, 6.45) is 0. The predicted molar refractivity (Wildman–Crippen MR) is 231 cm³/mol. The smallest absolute Gasteiger partial charge is 0.164 e. The van der Waals surface area contributed by atoms with Gasteiger partial charge >= 0.3 is 0 Å². The van der Waals surface area contributed by atoms with E-state index in [4.69, 9.17) is 19.4 Å². The van der Waals surface area contributed by atoms with Crippen molar-refractivity contribution in [1.29, 1.82) is 0 Å². The molecule has 0 saturated heterocycles. The van der Waals surface area contributed by atoms with E-state index in [1.165, 1.54) is 60.0 Å². The summed E-state index contributed by atoms with van der Waals surface area (Å²) in [7, 11) is 0. The van der Waals surface area contributed by atoms with Crippen LogP contribution < -0.4 is 0 Å². The number of furan rings is 1. The zero-order valence-electron chi connectivity index (χ0n) is 30.8. The van der Waals surface area contributed by atoms with E-state index in [-0.39, 0.29) is 5.41 Å². The molecule has 0 aliphatic heterocycles. The zero-order valence-corrected chi connectivity index (χ0v) is 30.8. The molecule has 12 rings (SSSR count). The van der Waals surface area contributed by atoms with Crippen molar-refractivity contribution in [3.05, 3.63) is 175 Å². The lowest BCUT2D eigenvalue weighted by atomic mass is 9.82. The number of rotatable bonds is 3. The molecule has 0 radical (unpaired) electrons. The van der Waals surface area contributed by atoms with Crippen LogP contribution in [0.2, 0.25) is 0 Å². The van der Waals surface area contributed by atoms with Crippen LogP contribution in [0, 0.1) is 0 Å². The largest absolute Gasteiger partial charge is 0.456 e. The highest BCUT2D eigenvalue weighted by molar-refractivity contribution is 6.18. The van der Waals surface area contributed by atoms with E-state index in [0.717, 1.165) is 44.0 Å². The summed E-state index contributed by atoms with van der Waals surface area (Å²) in [5.74, 6) is 1.86. The Morgan fingerprint density at radius 1 is 0.375 bits per heavy atom. The number of hydrogen-bond acceptors (Lipinski definition) is 4. The van der Waals surface area contributed by atoms with Crippen molar-refractivity contribution >= 4 is 65.0 Å². The molecular formula is C52H33N3O. The number of hydrogen-bond donors (Lipinski definition) is 0. The van der Waals surface area contributed by atoms with E-state index < -0.39 is 0 Å². The van der Waals surface area contributed by atoms with Crippen molar-refractivity contribution in [2.45, 2.75) is 19.3 Å². The van der Waals surface area contributed by atoms with Crippen LogP contribution in [0.5, 0.6) is 0 Å². The lowest BCUT2D eigenvalue weighted by molar-refractivity contribution is 0.647. The minimum absolute atomic E-state index is 0.127. The third-order valence-corrected chi connectivity index (χ3v) is 12.1. The molecule has 4 nitrogen and oxygen atoms in total. The van der Waals surface area contributed by atoms with Crippen LogP contribution in [0.3, 0.4) is 0 Å². The van der Waals surface area contributed by atoms with Gasteiger partial charge in [-0.2, -0.15) is 0 Å². The molecule has 56 heavy (non-hydrogen) atoms. The third-order valence-electron chi connectivity index (χ3n) is 12.1. The molecule has 0 spiro atoms. The SMILES string of the molecule is CC1(C)c2ccccc2-c2cc3c(cc21)oc1cccc(-c2nc(-c4ccc5ccccc5c4)nc(-c4ccc5ccc6c7ccccc7ccc6c5c4)n2)c13. The second-order valence-electron chi connectivity index (χ2n) is 15.6. The highest BCUT2D eigenvalue weighted by atomic mass is 16.3. The Bertz CT molecular complexity index is 3470. The van der Waals surface area contributed by atoms with E-state index in [2.05, 4.69) is 166 Å². The van der Waals surface area contributed by atoms with Crippen LogP contribution in [-0.4, -0.2) is 15.0 Å². The fourth-order valence-corrected chi connectivity index (χ4v) is 9.25. The average molecular weight is 716 g/mol. The molecule has 0 fully saturated rings. The molecule has 0 bridgehead atoms. The molecule has 1 aliphatic carbocycles. The number of fused-ring (bicyclic) bond motifs is 12. The fourth-order valence-electron chi connectivity index (χ4n) is 9.25. The van der Waals surface area contributed by atoms with E-state index in [1.54, 1.807) is 0 Å². The Balaban J connectivity index is 1.11. The van der Waals surface area contributed by atoms with Crippen LogP contribution in [0.25, 0.3) is 110 Å². The maximum absolute atomic E-state index is 6.66. The maximum atomic E-state index is 6.66. The summed E-state index contributed by atoms with van der Waals surface area (Å²) in [6.45, 7) is 4.60. The van der Waals surface area contributed by atoms with Crippen molar-refractivity contribution in [2.75, 3.05) is 0 Å². The molecular weight excluding hydrogens is 683 g/mol. The molecule has 0 atom stereocenters. The summed E-state index contributed by atoms with van der Waals surface area (Å²) in [5.41, 5.74) is 9.48. The Labute approximate surface area is 322 Å². The van der Waals surface area contributed by atoms with Crippen LogP contribution >= 0.6 is 0 Å². The quantitative estimate of drug-likeness (QED) is 0.171. The van der Waals surface area contributed by atoms with Gasteiger partial charge in [0.2, 0.25) is 0 Å². The van der Waals surface area contributed by atoms with Gasteiger partial charge in [-0.1, -0.05) is 147 Å². The van der Waals surface area contributed by atoms with Crippen LogP contribution in [0.4, 0.5) is 0 Å². The average Bonchev–Trinajstić information content (AvgIpc) is 3.73. The third kappa shape index (κ3) is 4.50. The number of aromatic nitrogens is 3. The van der Waals surface area contributed by atoms with Gasteiger partial charge in [0.05, 0.1) is 0 Å². The van der Waals surface area contributed by atoms with E-state index >= 15 is 0 Å². The van der Waals surface area contributed by atoms with Crippen molar-refractivity contribution < 1.29 is 4.42 Å². The molecule has 9 aromatic carbocycles. The molecule has 2 heterocycles. The normalized spacial score (nSPS) is 13.3. The predicted octanol–water partition coefficient (Wildman–Crippen LogP) is 13.7. The minimum Gasteiger partial charge on any atom is -0.456 e. The Hall–Kier alpha value is -7.17. The molecule has 1 aliphatic rings. The molecule has 11 aromatic rings. The fraction of sp³-hybridized carbons (Fsp3) is 0.0577. The first-order valence-electron chi connectivity index (χ1n) is 19.2. The van der Waals surface area contributed by atoms with Gasteiger partial charge in [0.15, 0.2) is 17.5 Å². The van der Waals surface area contributed by atoms with Crippen molar-refractivity contribution in [1.82, 2.24) is 15.0 Å². The highest BCUT2D eigenvalue weighted by Crippen LogP contribution is 2.51. The highest BCUT2D eigenvalue weighted by Gasteiger charge is 2.36. The van der Waals surface area contributed by atoms with Crippen molar-refractivity contribution in [2.24, 2.45) is 0 Å². The number of nitrogens with zero attached hydrogens (tertiary/aromatic N) is 3. The van der Waals surface area contributed by atoms with Gasteiger partial charge in [-0.15, -0.1) is 0 Å². The first kappa shape index (κ1) is 31.2. The van der Waals surface area contributed by atoms with Crippen molar-refractivity contribution in [3.8, 4) is 45.3 Å². The van der Waals surface area contributed by atoms with Gasteiger partial charge in [-0.25, -0.2) is 15.0 Å². The molecule has 0 amide bonds. The van der Waals surface area contributed by atoms with Gasteiger partial charge in [-0.3, -0.25) is 0 Å². The second kappa shape index (κ2) is 11.4. The van der Waals surface area contributed by atoms with Gasteiger partial charge < -0.3 is 4.42 Å². The summed E-state index contributed by atoms with van der Waals surface area (Å²) >= 11 is 0. The summed E-state index contributed by atoms with van der Waals surface area (Å²) in [4.78, 5) is 15.8. The first-order chi connectivity index (χ1) is 27.5. The van der Waals surface area contributed by atoms with Crippen LogP contribution in [-0.2, 0) is 5.41 Å². The molecule has 4 heteroatoms. The zero-order chi connectivity index (χ0) is 37.1.